The van der Waals surface area contributed by atoms with Crippen molar-refractivity contribution in [3.05, 3.63) is 41.1 Å². The van der Waals surface area contributed by atoms with E-state index < -0.39 is 0 Å². The number of rotatable bonds is 3. The zero-order chi connectivity index (χ0) is 13.1. The average Bonchev–Trinajstić information content (AvgIpc) is 2.32. The van der Waals surface area contributed by atoms with Gasteiger partial charge in [-0.25, -0.2) is 9.97 Å². The van der Waals surface area contributed by atoms with E-state index in [1.807, 2.05) is 13.8 Å². The highest BCUT2D eigenvalue weighted by molar-refractivity contribution is 5.62. The summed E-state index contributed by atoms with van der Waals surface area (Å²) >= 11 is 0. The molecule has 0 amide bonds. The van der Waals surface area contributed by atoms with E-state index in [1.54, 1.807) is 13.2 Å². The molecule has 1 aromatic carbocycles. The molecule has 0 saturated heterocycles. The molecule has 0 spiro atoms. The molecular weight excluding hydrogens is 226 g/mol. The van der Waals surface area contributed by atoms with Crippen LogP contribution in [0.3, 0.4) is 0 Å². The number of methoxy groups -OCH3 is 1. The summed E-state index contributed by atoms with van der Waals surface area (Å²) in [7, 11) is 1.63. The number of nitrogens with two attached hydrogens (primary N) is 1. The lowest BCUT2D eigenvalue weighted by molar-refractivity contribution is 0.181. The Morgan fingerprint density at radius 1 is 1.17 bits per heavy atom. The maximum absolute atomic E-state index is 5.81. The highest BCUT2D eigenvalue weighted by Crippen LogP contribution is 2.22. The SMILES string of the molecule is COCc1cc(N)nc(-c2cc(C)ccc2C)n1. The van der Waals surface area contributed by atoms with E-state index in [1.165, 1.54) is 5.56 Å². The summed E-state index contributed by atoms with van der Waals surface area (Å²) in [6.07, 6.45) is 0. The number of benzene rings is 1. The minimum atomic E-state index is 0.435. The number of anilines is 1. The van der Waals surface area contributed by atoms with Gasteiger partial charge in [0, 0.05) is 18.7 Å². The van der Waals surface area contributed by atoms with Crippen LogP contribution in [0.5, 0.6) is 0 Å². The predicted octanol–water partition coefficient (Wildman–Crippen LogP) is 2.49. The minimum Gasteiger partial charge on any atom is -0.384 e. The third kappa shape index (κ3) is 2.65. The molecule has 0 radical (unpaired) electrons. The molecule has 0 unspecified atom stereocenters. The molecule has 2 N–H and O–H groups in total. The number of ether oxygens (including phenoxy) is 1. The van der Waals surface area contributed by atoms with E-state index in [-0.39, 0.29) is 0 Å². The second-order valence-corrected chi connectivity index (χ2v) is 4.36. The van der Waals surface area contributed by atoms with Crippen molar-refractivity contribution < 1.29 is 4.74 Å². The van der Waals surface area contributed by atoms with Crippen molar-refractivity contribution in [2.45, 2.75) is 20.5 Å². The Bertz CT molecular complexity index is 567. The van der Waals surface area contributed by atoms with E-state index in [4.69, 9.17) is 10.5 Å². The van der Waals surface area contributed by atoms with Gasteiger partial charge in [0.2, 0.25) is 0 Å². The zero-order valence-electron chi connectivity index (χ0n) is 10.9. The van der Waals surface area contributed by atoms with Crippen LogP contribution < -0.4 is 5.73 Å². The first-order valence-electron chi connectivity index (χ1n) is 5.80. The fourth-order valence-electron chi connectivity index (χ4n) is 1.84. The van der Waals surface area contributed by atoms with Crippen molar-refractivity contribution in [1.82, 2.24) is 9.97 Å². The Hall–Kier alpha value is -1.94. The second kappa shape index (κ2) is 5.14. The van der Waals surface area contributed by atoms with Crippen molar-refractivity contribution in [2.24, 2.45) is 0 Å². The van der Waals surface area contributed by atoms with E-state index in [0.29, 0.717) is 18.2 Å². The number of nitrogens with zero attached hydrogens (tertiary/aromatic N) is 2. The van der Waals surface area contributed by atoms with Crippen LogP contribution >= 0.6 is 0 Å². The van der Waals surface area contributed by atoms with Crippen molar-refractivity contribution >= 4 is 5.82 Å². The minimum absolute atomic E-state index is 0.435. The van der Waals surface area contributed by atoms with Crippen LogP contribution in [0.25, 0.3) is 11.4 Å². The molecule has 0 aliphatic heterocycles. The molecule has 1 aromatic heterocycles. The molecule has 2 rings (SSSR count). The van der Waals surface area contributed by atoms with E-state index in [0.717, 1.165) is 16.8 Å². The summed E-state index contributed by atoms with van der Waals surface area (Å²) in [5.74, 6) is 1.12. The third-order valence-electron chi connectivity index (χ3n) is 2.73. The molecule has 18 heavy (non-hydrogen) atoms. The lowest BCUT2D eigenvalue weighted by Gasteiger charge is -2.08. The van der Waals surface area contributed by atoms with Gasteiger partial charge >= 0.3 is 0 Å². The van der Waals surface area contributed by atoms with E-state index in [2.05, 4.69) is 28.2 Å². The van der Waals surface area contributed by atoms with Gasteiger partial charge in [-0.2, -0.15) is 0 Å². The van der Waals surface area contributed by atoms with Gasteiger partial charge in [-0.05, 0) is 25.5 Å². The van der Waals surface area contributed by atoms with Gasteiger partial charge in [-0.1, -0.05) is 17.7 Å². The van der Waals surface area contributed by atoms with Crippen LogP contribution in [-0.2, 0) is 11.3 Å². The number of aryl methyl sites for hydroxylation is 2. The van der Waals surface area contributed by atoms with Gasteiger partial charge in [0.25, 0.3) is 0 Å². The molecule has 4 heteroatoms. The summed E-state index contributed by atoms with van der Waals surface area (Å²) in [4.78, 5) is 8.78. The van der Waals surface area contributed by atoms with E-state index >= 15 is 0 Å². The number of hydrogen-bond acceptors (Lipinski definition) is 4. The Morgan fingerprint density at radius 2 is 1.94 bits per heavy atom. The molecule has 94 valence electrons. The summed E-state index contributed by atoms with van der Waals surface area (Å²) in [6.45, 7) is 4.52. The molecule has 0 bridgehead atoms. The van der Waals surface area contributed by atoms with Gasteiger partial charge in [-0.15, -0.1) is 0 Å². The molecule has 0 saturated carbocycles. The molecule has 0 aliphatic rings. The molecule has 1 heterocycles. The average molecular weight is 243 g/mol. The zero-order valence-corrected chi connectivity index (χ0v) is 10.9. The first kappa shape index (κ1) is 12.5. The molecule has 4 nitrogen and oxygen atoms in total. The topological polar surface area (TPSA) is 61.0 Å². The lowest BCUT2D eigenvalue weighted by Crippen LogP contribution is -2.02. The maximum Gasteiger partial charge on any atom is 0.162 e. The van der Waals surface area contributed by atoms with Gasteiger partial charge in [0.1, 0.15) is 5.82 Å². The molecule has 0 atom stereocenters. The lowest BCUT2D eigenvalue weighted by atomic mass is 10.1. The molecule has 0 fully saturated rings. The standard InChI is InChI=1S/C14H17N3O/c1-9-4-5-10(2)12(6-9)14-16-11(8-18-3)7-13(15)17-14/h4-7H,8H2,1-3H3,(H2,15,16,17). The summed E-state index contributed by atoms with van der Waals surface area (Å²) in [6, 6.07) is 7.94. The van der Waals surface area contributed by atoms with Crippen molar-refractivity contribution in [1.29, 1.82) is 0 Å². The fraction of sp³-hybridized carbons (Fsp3) is 0.286. The van der Waals surface area contributed by atoms with Gasteiger partial charge in [-0.3, -0.25) is 0 Å². The number of aromatic nitrogens is 2. The Labute approximate surface area is 107 Å². The molecular formula is C14H17N3O. The highest BCUT2D eigenvalue weighted by atomic mass is 16.5. The van der Waals surface area contributed by atoms with Crippen LogP contribution in [-0.4, -0.2) is 17.1 Å². The Morgan fingerprint density at radius 3 is 2.67 bits per heavy atom. The van der Waals surface area contributed by atoms with Gasteiger partial charge in [0.05, 0.1) is 12.3 Å². The van der Waals surface area contributed by atoms with Crippen LogP contribution in [0.2, 0.25) is 0 Å². The second-order valence-electron chi connectivity index (χ2n) is 4.36. The Balaban J connectivity index is 2.52. The van der Waals surface area contributed by atoms with Crippen molar-refractivity contribution in [3.63, 3.8) is 0 Å². The molecule has 2 aromatic rings. The smallest absolute Gasteiger partial charge is 0.162 e. The van der Waals surface area contributed by atoms with E-state index in [9.17, 15) is 0 Å². The summed E-state index contributed by atoms with van der Waals surface area (Å²) in [5, 5.41) is 0. The monoisotopic (exact) mass is 243 g/mol. The number of hydrogen-bond donors (Lipinski definition) is 1. The van der Waals surface area contributed by atoms with Crippen LogP contribution in [0.1, 0.15) is 16.8 Å². The summed E-state index contributed by atoms with van der Waals surface area (Å²) in [5.41, 5.74) is 9.92. The first-order chi connectivity index (χ1) is 8.60. The predicted molar refractivity (Wildman–Crippen MR) is 72.1 cm³/mol. The number of nitrogen functional groups attached to an aromatic ring is 1. The Kier molecular flexibility index (Phi) is 3.58. The first-order valence-corrected chi connectivity index (χ1v) is 5.80. The van der Waals surface area contributed by atoms with Gasteiger partial charge in [0.15, 0.2) is 5.82 Å². The maximum atomic E-state index is 5.81. The van der Waals surface area contributed by atoms with Crippen molar-refractivity contribution in [3.8, 4) is 11.4 Å². The van der Waals surface area contributed by atoms with Gasteiger partial charge < -0.3 is 10.5 Å². The van der Waals surface area contributed by atoms with Crippen LogP contribution in [0.4, 0.5) is 5.82 Å². The summed E-state index contributed by atoms with van der Waals surface area (Å²) < 4.78 is 5.08. The fourth-order valence-corrected chi connectivity index (χ4v) is 1.84. The highest BCUT2D eigenvalue weighted by Gasteiger charge is 2.08. The van der Waals surface area contributed by atoms with Crippen LogP contribution in [0.15, 0.2) is 24.3 Å². The largest absolute Gasteiger partial charge is 0.384 e. The molecule has 0 aliphatic carbocycles. The quantitative estimate of drug-likeness (QED) is 0.899. The normalized spacial score (nSPS) is 10.6. The van der Waals surface area contributed by atoms with Crippen LogP contribution in [0, 0.1) is 13.8 Å². The van der Waals surface area contributed by atoms with Crippen molar-refractivity contribution in [2.75, 3.05) is 12.8 Å². The third-order valence-corrected chi connectivity index (χ3v) is 2.73.